The Morgan fingerprint density at radius 2 is 1.75 bits per heavy atom. The minimum absolute atomic E-state index is 0.282. The summed E-state index contributed by atoms with van der Waals surface area (Å²) < 4.78 is 0. The maximum Gasteiger partial charge on any atom is 0.184 e. The van der Waals surface area contributed by atoms with Gasteiger partial charge in [0.2, 0.25) is 0 Å². The molecule has 90 valence electrons. The highest BCUT2D eigenvalue weighted by molar-refractivity contribution is 7.80. The Hall–Kier alpha value is -0.640. The Morgan fingerprint density at radius 1 is 1.12 bits per heavy atom. The summed E-state index contributed by atoms with van der Waals surface area (Å²) in [7, 11) is 0. The van der Waals surface area contributed by atoms with Gasteiger partial charge in [0.1, 0.15) is 0 Å². The highest BCUT2D eigenvalue weighted by Crippen LogP contribution is 2.45. The first kappa shape index (κ1) is 11.8. The molecule has 0 heterocycles. The summed E-state index contributed by atoms with van der Waals surface area (Å²) in [4.78, 5) is 0. The second-order valence-corrected chi connectivity index (χ2v) is 5.52. The molecule has 4 heteroatoms. The topological polar surface area (TPSA) is 50.4 Å². The van der Waals surface area contributed by atoms with Gasteiger partial charge in [0.25, 0.3) is 0 Å². The number of nitrogens with two attached hydrogens (primary N) is 1. The lowest BCUT2D eigenvalue weighted by Crippen LogP contribution is -2.38. The normalized spacial score (nSPS) is 26.9. The van der Waals surface area contributed by atoms with Crippen LogP contribution < -0.4 is 11.2 Å². The van der Waals surface area contributed by atoms with Crippen LogP contribution in [0.3, 0.4) is 0 Å². The van der Waals surface area contributed by atoms with Crippen molar-refractivity contribution in [1.82, 2.24) is 5.43 Å². The van der Waals surface area contributed by atoms with Gasteiger partial charge in [-0.15, -0.1) is 0 Å². The van der Waals surface area contributed by atoms with E-state index >= 15 is 0 Å². The van der Waals surface area contributed by atoms with Crippen molar-refractivity contribution >= 4 is 23.0 Å². The highest BCUT2D eigenvalue weighted by atomic mass is 32.1. The molecule has 0 radical (unpaired) electrons. The molecule has 3 nitrogen and oxygen atoms in total. The molecule has 0 aromatic heterocycles. The molecule has 0 atom stereocenters. The SMILES string of the molecule is NC(=S)N/N=C1/CCCCC12CCCCC2. The summed E-state index contributed by atoms with van der Waals surface area (Å²) >= 11 is 4.81. The average Bonchev–Trinajstić information content (AvgIpc) is 2.29. The van der Waals surface area contributed by atoms with E-state index < -0.39 is 0 Å². The molecular formula is C12H21N3S. The van der Waals surface area contributed by atoms with Gasteiger partial charge in [-0.1, -0.05) is 25.7 Å². The average molecular weight is 239 g/mol. The van der Waals surface area contributed by atoms with E-state index in [0.29, 0.717) is 5.41 Å². The lowest BCUT2D eigenvalue weighted by molar-refractivity contribution is 0.239. The summed E-state index contributed by atoms with van der Waals surface area (Å²) in [6, 6.07) is 0. The van der Waals surface area contributed by atoms with E-state index in [1.165, 1.54) is 57.1 Å². The first-order valence-corrected chi connectivity index (χ1v) is 6.76. The third-order valence-corrected chi connectivity index (χ3v) is 4.13. The first-order chi connectivity index (χ1) is 7.73. The molecule has 3 N–H and O–H groups in total. The zero-order valence-corrected chi connectivity index (χ0v) is 10.6. The number of thiocarbonyl (C=S) groups is 1. The van der Waals surface area contributed by atoms with Gasteiger partial charge < -0.3 is 5.73 Å². The van der Waals surface area contributed by atoms with Gasteiger partial charge in [-0.3, -0.25) is 5.43 Å². The summed E-state index contributed by atoms with van der Waals surface area (Å²) in [5.41, 5.74) is 9.93. The van der Waals surface area contributed by atoms with Crippen LogP contribution in [0.1, 0.15) is 57.8 Å². The predicted molar refractivity (Wildman–Crippen MR) is 71.3 cm³/mol. The Labute approximate surface area is 103 Å². The fourth-order valence-electron chi connectivity index (χ4n) is 3.23. The standard InChI is InChI=1S/C12H21N3S/c13-11(16)15-14-10-6-2-5-9-12(10)7-3-1-4-8-12/h1-9H2,(H3,13,15,16)/b14-10-. The molecule has 1 spiro atoms. The largest absolute Gasteiger partial charge is 0.375 e. The number of nitrogens with zero attached hydrogens (tertiary/aromatic N) is 1. The molecule has 0 amide bonds. The van der Waals surface area contributed by atoms with Gasteiger partial charge in [0.15, 0.2) is 5.11 Å². The summed E-state index contributed by atoms with van der Waals surface area (Å²) in [6.45, 7) is 0. The summed E-state index contributed by atoms with van der Waals surface area (Å²) in [5.74, 6) is 0. The van der Waals surface area contributed by atoms with E-state index in [-0.39, 0.29) is 5.11 Å². The first-order valence-electron chi connectivity index (χ1n) is 6.35. The van der Waals surface area contributed by atoms with E-state index in [9.17, 15) is 0 Å². The quantitative estimate of drug-likeness (QED) is 0.546. The third-order valence-electron chi connectivity index (χ3n) is 4.04. The number of hydrogen-bond donors (Lipinski definition) is 2. The summed E-state index contributed by atoms with van der Waals surface area (Å²) in [6.07, 6.45) is 11.8. The van der Waals surface area contributed by atoms with Crippen molar-refractivity contribution in [2.24, 2.45) is 16.3 Å². The molecule has 0 aliphatic heterocycles. The number of nitrogens with one attached hydrogen (secondary N) is 1. The monoisotopic (exact) mass is 239 g/mol. The lowest BCUT2D eigenvalue weighted by Gasteiger charge is -2.41. The van der Waals surface area contributed by atoms with Crippen LogP contribution in [-0.4, -0.2) is 10.8 Å². The minimum Gasteiger partial charge on any atom is -0.375 e. The van der Waals surface area contributed by atoms with Crippen molar-refractivity contribution in [3.05, 3.63) is 0 Å². The molecular weight excluding hydrogens is 218 g/mol. The molecule has 2 rings (SSSR count). The van der Waals surface area contributed by atoms with Crippen LogP contribution >= 0.6 is 12.2 Å². The Balaban J connectivity index is 2.12. The molecule has 0 aromatic rings. The fraction of sp³-hybridized carbons (Fsp3) is 0.833. The van der Waals surface area contributed by atoms with Crippen LogP contribution in [0.5, 0.6) is 0 Å². The van der Waals surface area contributed by atoms with Gasteiger partial charge >= 0.3 is 0 Å². The molecule has 0 unspecified atom stereocenters. The van der Waals surface area contributed by atoms with Gasteiger partial charge in [-0.25, -0.2) is 0 Å². The van der Waals surface area contributed by atoms with Gasteiger partial charge in [0, 0.05) is 11.1 Å². The Kier molecular flexibility index (Phi) is 3.79. The number of hydrazone groups is 1. The van der Waals surface area contributed by atoms with E-state index in [1.807, 2.05) is 0 Å². The molecule has 0 bridgehead atoms. The molecule has 2 fully saturated rings. The van der Waals surface area contributed by atoms with Crippen molar-refractivity contribution in [3.8, 4) is 0 Å². The number of hydrogen-bond acceptors (Lipinski definition) is 2. The second-order valence-electron chi connectivity index (χ2n) is 5.08. The molecule has 2 saturated carbocycles. The van der Waals surface area contributed by atoms with Crippen LogP contribution in [0.15, 0.2) is 5.10 Å². The summed E-state index contributed by atoms with van der Waals surface area (Å²) in [5, 5.41) is 4.74. The van der Waals surface area contributed by atoms with Crippen LogP contribution in [0, 0.1) is 5.41 Å². The predicted octanol–water partition coefficient (Wildman–Crippen LogP) is 2.70. The van der Waals surface area contributed by atoms with E-state index in [0.717, 1.165) is 6.42 Å². The number of rotatable bonds is 1. The van der Waals surface area contributed by atoms with E-state index in [1.54, 1.807) is 0 Å². The second kappa shape index (κ2) is 5.13. The highest BCUT2D eigenvalue weighted by Gasteiger charge is 2.38. The zero-order chi connectivity index (χ0) is 11.4. The Morgan fingerprint density at radius 3 is 2.38 bits per heavy atom. The van der Waals surface area contributed by atoms with Crippen LogP contribution in [-0.2, 0) is 0 Å². The maximum absolute atomic E-state index is 5.44. The molecule has 0 saturated heterocycles. The lowest BCUT2D eigenvalue weighted by atomic mass is 9.64. The molecule has 0 aromatic carbocycles. The van der Waals surface area contributed by atoms with Gasteiger partial charge in [0.05, 0.1) is 0 Å². The van der Waals surface area contributed by atoms with E-state index in [2.05, 4.69) is 10.5 Å². The molecule has 2 aliphatic carbocycles. The Bertz CT molecular complexity index is 284. The van der Waals surface area contributed by atoms with Crippen molar-refractivity contribution < 1.29 is 0 Å². The van der Waals surface area contributed by atoms with Crippen LogP contribution in [0.2, 0.25) is 0 Å². The van der Waals surface area contributed by atoms with Gasteiger partial charge in [-0.2, -0.15) is 5.10 Å². The van der Waals surface area contributed by atoms with Crippen LogP contribution in [0.4, 0.5) is 0 Å². The zero-order valence-electron chi connectivity index (χ0n) is 9.80. The third kappa shape index (κ3) is 2.54. The molecule has 2 aliphatic rings. The van der Waals surface area contributed by atoms with Crippen molar-refractivity contribution in [2.75, 3.05) is 0 Å². The van der Waals surface area contributed by atoms with E-state index in [4.69, 9.17) is 18.0 Å². The van der Waals surface area contributed by atoms with Crippen LogP contribution in [0.25, 0.3) is 0 Å². The fourth-order valence-corrected chi connectivity index (χ4v) is 3.28. The van der Waals surface area contributed by atoms with Crippen molar-refractivity contribution in [1.29, 1.82) is 0 Å². The minimum atomic E-state index is 0.282. The maximum atomic E-state index is 5.44. The van der Waals surface area contributed by atoms with Crippen molar-refractivity contribution in [2.45, 2.75) is 57.8 Å². The molecule has 16 heavy (non-hydrogen) atoms. The smallest absolute Gasteiger partial charge is 0.184 e. The van der Waals surface area contributed by atoms with Gasteiger partial charge in [-0.05, 0) is 44.3 Å². The van der Waals surface area contributed by atoms with Crippen molar-refractivity contribution in [3.63, 3.8) is 0 Å².